The summed E-state index contributed by atoms with van der Waals surface area (Å²) >= 11 is 0. The van der Waals surface area contributed by atoms with Crippen molar-refractivity contribution in [3.05, 3.63) is 41.6 Å². The van der Waals surface area contributed by atoms with E-state index in [4.69, 9.17) is 0 Å². The maximum atomic E-state index is 13.5. The quantitative estimate of drug-likeness (QED) is 0.867. The number of nitrogens with one attached hydrogen (secondary N) is 1. The minimum absolute atomic E-state index is 0.141. The number of carbonyl (C=O) groups is 1. The molecule has 1 amide bonds. The van der Waals surface area contributed by atoms with Crippen LogP contribution in [0.1, 0.15) is 31.2 Å². The monoisotopic (exact) mass is 271 g/mol. The van der Waals surface area contributed by atoms with Gasteiger partial charge >= 0.3 is 0 Å². The van der Waals surface area contributed by atoms with E-state index in [2.05, 4.69) is 15.3 Å². The minimum Gasteiger partial charge on any atom is -0.325 e. The van der Waals surface area contributed by atoms with Crippen molar-refractivity contribution in [2.24, 2.45) is 0 Å². The summed E-state index contributed by atoms with van der Waals surface area (Å²) in [6.07, 6.45) is 1.86. The van der Waals surface area contributed by atoms with Gasteiger partial charge in [0, 0.05) is 23.2 Å². The number of halogens is 1. The molecule has 5 heteroatoms. The Balaban J connectivity index is 2.27. The Kier molecular flexibility index (Phi) is 2.97. The summed E-state index contributed by atoms with van der Waals surface area (Å²) in [5.74, 6) is 0.366. The van der Waals surface area contributed by atoms with Gasteiger partial charge in [0.1, 0.15) is 11.6 Å². The van der Waals surface area contributed by atoms with Crippen molar-refractivity contribution < 1.29 is 9.18 Å². The van der Waals surface area contributed by atoms with Crippen molar-refractivity contribution in [2.75, 3.05) is 5.32 Å². The van der Waals surface area contributed by atoms with Crippen molar-refractivity contribution in [3.63, 3.8) is 0 Å². The van der Waals surface area contributed by atoms with Gasteiger partial charge in [-0.15, -0.1) is 0 Å². The second-order valence-corrected chi connectivity index (χ2v) is 5.17. The number of amides is 1. The number of hydrogen-bond donors (Lipinski definition) is 1. The number of benzene rings is 1. The number of nitrogens with zero attached hydrogens (tertiary/aromatic N) is 2. The first-order chi connectivity index (χ1) is 9.54. The third-order valence-electron chi connectivity index (χ3n) is 3.26. The molecule has 0 fully saturated rings. The molecule has 4 nitrogen and oxygen atoms in total. The van der Waals surface area contributed by atoms with Crippen LogP contribution in [-0.2, 0) is 11.2 Å². The van der Waals surface area contributed by atoms with Gasteiger partial charge in [0.15, 0.2) is 0 Å². The highest BCUT2D eigenvalue weighted by Gasteiger charge is 2.21. The molecule has 0 bridgehead atoms. The zero-order valence-electron chi connectivity index (χ0n) is 11.3. The van der Waals surface area contributed by atoms with E-state index in [9.17, 15) is 9.18 Å². The van der Waals surface area contributed by atoms with Crippen LogP contribution in [0.2, 0.25) is 0 Å². The van der Waals surface area contributed by atoms with Crippen LogP contribution in [0.25, 0.3) is 11.3 Å². The molecule has 2 aromatic rings. The Labute approximate surface area is 116 Å². The van der Waals surface area contributed by atoms with E-state index in [1.807, 2.05) is 13.8 Å². The summed E-state index contributed by atoms with van der Waals surface area (Å²) in [6.45, 7) is 3.99. The molecule has 0 saturated heterocycles. The van der Waals surface area contributed by atoms with Gasteiger partial charge in [0.2, 0.25) is 5.91 Å². The topological polar surface area (TPSA) is 54.9 Å². The molecule has 0 spiro atoms. The second-order valence-electron chi connectivity index (χ2n) is 5.17. The Hall–Kier alpha value is -2.30. The third-order valence-corrected chi connectivity index (χ3v) is 3.26. The number of hydrogen-bond acceptors (Lipinski definition) is 3. The van der Waals surface area contributed by atoms with E-state index in [1.54, 1.807) is 12.3 Å². The van der Waals surface area contributed by atoms with Gasteiger partial charge < -0.3 is 5.32 Å². The van der Waals surface area contributed by atoms with E-state index >= 15 is 0 Å². The van der Waals surface area contributed by atoms with Crippen LogP contribution in [0.4, 0.5) is 10.1 Å². The number of aromatic nitrogens is 2. The van der Waals surface area contributed by atoms with Crippen molar-refractivity contribution in [2.45, 2.75) is 26.2 Å². The fraction of sp³-hybridized carbons (Fsp3) is 0.267. The van der Waals surface area contributed by atoms with Gasteiger partial charge in [0.05, 0.1) is 17.8 Å². The molecule has 0 saturated carbocycles. The molecule has 0 unspecified atom stereocenters. The van der Waals surface area contributed by atoms with Gasteiger partial charge in [-0.2, -0.15) is 0 Å². The van der Waals surface area contributed by atoms with Crippen molar-refractivity contribution in [3.8, 4) is 11.3 Å². The molecular weight excluding hydrogens is 257 g/mol. The maximum absolute atomic E-state index is 13.5. The summed E-state index contributed by atoms with van der Waals surface area (Å²) in [5.41, 5.74) is 2.55. The minimum atomic E-state index is -0.351. The van der Waals surface area contributed by atoms with Crippen LogP contribution in [0.5, 0.6) is 0 Å². The predicted octanol–water partition coefficient (Wildman–Crippen LogP) is 2.90. The Bertz CT molecular complexity index is 698. The summed E-state index contributed by atoms with van der Waals surface area (Å²) in [4.78, 5) is 20.6. The first-order valence-electron chi connectivity index (χ1n) is 6.50. The summed E-state index contributed by atoms with van der Waals surface area (Å²) < 4.78 is 13.5. The highest BCUT2D eigenvalue weighted by atomic mass is 19.1. The molecule has 2 heterocycles. The number of carbonyl (C=O) groups excluding carboxylic acids is 1. The SMILES string of the molecule is CC(C)c1ncc2c(n1)-c1cc(F)ccc1NC(=O)C2. The lowest BCUT2D eigenvalue weighted by molar-refractivity contribution is -0.115. The third kappa shape index (κ3) is 2.15. The molecule has 3 rings (SSSR count). The molecule has 0 radical (unpaired) electrons. The molecular formula is C15H14FN3O. The van der Waals surface area contributed by atoms with E-state index in [0.717, 1.165) is 5.56 Å². The average molecular weight is 271 g/mol. The lowest BCUT2D eigenvalue weighted by Crippen LogP contribution is -2.12. The molecule has 1 aromatic heterocycles. The molecule has 0 atom stereocenters. The lowest BCUT2D eigenvalue weighted by atomic mass is 10.0. The number of fused-ring (bicyclic) bond motifs is 3. The number of rotatable bonds is 1. The lowest BCUT2D eigenvalue weighted by Gasteiger charge is -2.10. The van der Waals surface area contributed by atoms with E-state index in [1.165, 1.54) is 12.1 Å². The average Bonchev–Trinajstić information content (AvgIpc) is 2.53. The zero-order valence-corrected chi connectivity index (χ0v) is 11.3. The van der Waals surface area contributed by atoms with Crippen molar-refractivity contribution >= 4 is 11.6 Å². The molecule has 1 aliphatic rings. The molecule has 1 N–H and O–H groups in total. The van der Waals surface area contributed by atoms with Crippen LogP contribution < -0.4 is 5.32 Å². The molecule has 102 valence electrons. The van der Waals surface area contributed by atoms with E-state index in [-0.39, 0.29) is 24.1 Å². The summed E-state index contributed by atoms with van der Waals surface area (Å²) in [5, 5.41) is 2.77. The van der Waals surface area contributed by atoms with E-state index in [0.29, 0.717) is 22.8 Å². The fourth-order valence-electron chi connectivity index (χ4n) is 2.25. The standard InChI is InChI=1S/C15H14FN3O/c1-8(2)15-17-7-9-5-13(20)18-12-4-3-10(16)6-11(12)14(9)19-15/h3-4,6-8H,5H2,1-2H3,(H,18,20). The summed E-state index contributed by atoms with van der Waals surface area (Å²) in [6, 6.07) is 4.29. The maximum Gasteiger partial charge on any atom is 0.228 e. The van der Waals surface area contributed by atoms with Gasteiger partial charge in [-0.05, 0) is 18.2 Å². The van der Waals surface area contributed by atoms with E-state index < -0.39 is 0 Å². The van der Waals surface area contributed by atoms with Crippen molar-refractivity contribution in [1.82, 2.24) is 9.97 Å². The Morgan fingerprint density at radius 2 is 2.15 bits per heavy atom. The highest BCUT2D eigenvalue weighted by molar-refractivity contribution is 5.99. The molecule has 0 aliphatic carbocycles. The first kappa shape index (κ1) is 12.7. The smallest absolute Gasteiger partial charge is 0.228 e. The summed E-state index contributed by atoms with van der Waals surface area (Å²) in [7, 11) is 0. The van der Waals surface area contributed by atoms with Gasteiger partial charge in [-0.1, -0.05) is 13.8 Å². The van der Waals surface area contributed by atoms with Crippen LogP contribution in [0.15, 0.2) is 24.4 Å². The normalized spacial score (nSPS) is 13.5. The second kappa shape index (κ2) is 4.67. The van der Waals surface area contributed by atoms with Crippen LogP contribution in [0.3, 0.4) is 0 Å². The van der Waals surface area contributed by atoms with Crippen molar-refractivity contribution in [1.29, 1.82) is 0 Å². The van der Waals surface area contributed by atoms with Gasteiger partial charge in [-0.25, -0.2) is 14.4 Å². The Morgan fingerprint density at radius 3 is 2.90 bits per heavy atom. The van der Waals surface area contributed by atoms with Gasteiger partial charge in [-0.3, -0.25) is 4.79 Å². The molecule has 20 heavy (non-hydrogen) atoms. The number of anilines is 1. The Morgan fingerprint density at radius 1 is 1.35 bits per heavy atom. The fourth-order valence-corrected chi connectivity index (χ4v) is 2.25. The predicted molar refractivity (Wildman–Crippen MR) is 73.8 cm³/mol. The van der Waals surface area contributed by atoms with Gasteiger partial charge in [0.25, 0.3) is 0 Å². The van der Waals surface area contributed by atoms with Crippen LogP contribution >= 0.6 is 0 Å². The highest BCUT2D eigenvalue weighted by Crippen LogP contribution is 2.33. The zero-order chi connectivity index (χ0) is 14.3. The molecule has 1 aliphatic heterocycles. The van der Waals surface area contributed by atoms with Crippen LogP contribution in [-0.4, -0.2) is 15.9 Å². The molecule has 1 aromatic carbocycles. The first-order valence-corrected chi connectivity index (χ1v) is 6.50. The van der Waals surface area contributed by atoms with Crippen LogP contribution in [0, 0.1) is 5.82 Å². The largest absolute Gasteiger partial charge is 0.325 e.